The van der Waals surface area contributed by atoms with E-state index in [0.717, 1.165) is 24.0 Å². The SMILES string of the molecule is CC(C)CNCC(=O)N(CCc1c[nH]c2ccccc12)Cc1ccc(Cl)c(Cl)c1. The third-order valence-corrected chi connectivity index (χ3v) is 5.60. The molecule has 0 aliphatic heterocycles. The van der Waals surface area contributed by atoms with Gasteiger partial charge in [0.1, 0.15) is 0 Å². The van der Waals surface area contributed by atoms with Gasteiger partial charge in [-0.25, -0.2) is 0 Å². The lowest BCUT2D eigenvalue weighted by Gasteiger charge is -2.24. The molecular weight excluding hydrogens is 405 g/mol. The van der Waals surface area contributed by atoms with Crippen LogP contribution in [0.5, 0.6) is 0 Å². The van der Waals surface area contributed by atoms with Gasteiger partial charge in [0.05, 0.1) is 16.6 Å². The van der Waals surface area contributed by atoms with Crippen LogP contribution >= 0.6 is 23.2 Å². The zero-order chi connectivity index (χ0) is 20.8. The molecule has 2 aromatic carbocycles. The molecule has 1 heterocycles. The number of hydrogen-bond donors (Lipinski definition) is 2. The molecule has 6 heteroatoms. The summed E-state index contributed by atoms with van der Waals surface area (Å²) in [7, 11) is 0. The lowest BCUT2D eigenvalue weighted by atomic mass is 10.1. The van der Waals surface area contributed by atoms with E-state index in [-0.39, 0.29) is 5.91 Å². The fourth-order valence-corrected chi connectivity index (χ4v) is 3.64. The van der Waals surface area contributed by atoms with E-state index in [2.05, 4.69) is 36.3 Å². The molecule has 154 valence electrons. The van der Waals surface area contributed by atoms with Crippen LogP contribution in [0.25, 0.3) is 10.9 Å². The number of para-hydroxylation sites is 1. The monoisotopic (exact) mass is 431 g/mol. The Balaban J connectivity index is 1.72. The Morgan fingerprint density at radius 1 is 1.14 bits per heavy atom. The van der Waals surface area contributed by atoms with Gasteiger partial charge in [-0.15, -0.1) is 0 Å². The fraction of sp³-hybridized carbons (Fsp3) is 0.348. The van der Waals surface area contributed by atoms with E-state index in [1.807, 2.05) is 35.4 Å². The van der Waals surface area contributed by atoms with E-state index in [9.17, 15) is 4.79 Å². The van der Waals surface area contributed by atoms with Gasteiger partial charge in [-0.1, -0.05) is 61.3 Å². The first-order valence-corrected chi connectivity index (χ1v) is 10.7. The first-order valence-electron chi connectivity index (χ1n) is 9.91. The van der Waals surface area contributed by atoms with Crippen LogP contribution in [0.1, 0.15) is 25.0 Å². The molecule has 0 unspecified atom stereocenters. The number of H-pyrrole nitrogens is 1. The van der Waals surface area contributed by atoms with E-state index in [0.29, 0.717) is 35.6 Å². The van der Waals surface area contributed by atoms with Crippen LogP contribution in [-0.4, -0.2) is 35.4 Å². The molecule has 0 fully saturated rings. The minimum Gasteiger partial charge on any atom is -0.361 e. The summed E-state index contributed by atoms with van der Waals surface area (Å²) in [6.07, 6.45) is 2.81. The van der Waals surface area contributed by atoms with E-state index in [1.54, 1.807) is 6.07 Å². The molecule has 1 amide bonds. The van der Waals surface area contributed by atoms with Gasteiger partial charge in [0.15, 0.2) is 0 Å². The molecular formula is C23H27Cl2N3O. The zero-order valence-electron chi connectivity index (χ0n) is 16.8. The first kappa shape index (κ1) is 21.7. The van der Waals surface area contributed by atoms with E-state index < -0.39 is 0 Å². The normalized spacial score (nSPS) is 11.3. The molecule has 0 aliphatic carbocycles. The minimum atomic E-state index is 0.0802. The molecule has 0 radical (unpaired) electrons. The van der Waals surface area contributed by atoms with Crippen molar-refractivity contribution in [3.63, 3.8) is 0 Å². The Morgan fingerprint density at radius 3 is 2.69 bits per heavy atom. The lowest BCUT2D eigenvalue weighted by molar-refractivity contribution is -0.130. The van der Waals surface area contributed by atoms with Crippen molar-refractivity contribution in [1.29, 1.82) is 0 Å². The molecule has 1 aromatic heterocycles. The quantitative estimate of drug-likeness (QED) is 0.483. The Hall–Kier alpha value is -2.01. The Bertz CT molecular complexity index is 968. The highest BCUT2D eigenvalue weighted by molar-refractivity contribution is 6.42. The molecule has 2 N–H and O–H groups in total. The first-order chi connectivity index (χ1) is 13.9. The number of halogens is 2. The van der Waals surface area contributed by atoms with Crippen LogP contribution < -0.4 is 5.32 Å². The van der Waals surface area contributed by atoms with Gasteiger partial charge in [0.25, 0.3) is 0 Å². The standard InChI is InChI=1S/C23H27Cl2N3O/c1-16(2)12-26-14-23(29)28(15-17-7-8-20(24)21(25)11-17)10-9-18-13-27-22-6-4-3-5-19(18)22/h3-8,11,13,16,26-27H,9-10,12,14-15H2,1-2H3. The Kier molecular flexibility index (Phi) is 7.59. The summed E-state index contributed by atoms with van der Waals surface area (Å²) in [6, 6.07) is 13.7. The van der Waals surface area contributed by atoms with E-state index in [4.69, 9.17) is 23.2 Å². The summed E-state index contributed by atoms with van der Waals surface area (Å²) in [5, 5.41) is 5.48. The number of aromatic amines is 1. The Labute approximate surface area is 182 Å². The second-order valence-electron chi connectivity index (χ2n) is 7.70. The van der Waals surface area contributed by atoms with Gasteiger partial charge in [-0.05, 0) is 48.2 Å². The van der Waals surface area contributed by atoms with Crippen molar-refractivity contribution < 1.29 is 4.79 Å². The average molecular weight is 432 g/mol. The van der Waals surface area contributed by atoms with Crippen molar-refractivity contribution in [3.8, 4) is 0 Å². The number of rotatable bonds is 9. The third kappa shape index (κ3) is 5.99. The highest BCUT2D eigenvalue weighted by Gasteiger charge is 2.16. The molecule has 29 heavy (non-hydrogen) atoms. The number of benzene rings is 2. The van der Waals surface area contributed by atoms with Gasteiger partial charge >= 0.3 is 0 Å². The molecule has 4 nitrogen and oxygen atoms in total. The van der Waals surface area contributed by atoms with Crippen molar-refractivity contribution in [1.82, 2.24) is 15.2 Å². The van der Waals surface area contributed by atoms with Crippen molar-refractivity contribution in [3.05, 3.63) is 69.8 Å². The molecule has 0 saturated carbocycles. The van der Waals surface area contributed by atoms with Gasteiger partial charge < -0.3 is 15.2 Å². The minimum absolute atomic E-state index is 0.0802. The van der Waals surface area contributed by atoms with E-state index in [1.165, 1.54) is 10.9 Å². The summed E-state index contributed by atoms with van der Waals surface area (Å²) in [4.78, 5) is 18.1. The predicted molar refractivity (Wildman–Crippen MR) is 122 cm³/mol. The number of aromatic nitrogens is 1. The van der Waals surface area contributed by atoms with Crippen LogP contribution in [0, 0.1) is 5.92 Å². The lowest BCUT2D eigenvalue weighted by Crippen LogP contribution is -2.39. The summed E-state index contributed by atoms with van der Waals surface area (Å²) < 4.78 is 0. The number of carbonyl (C=O) groups excluding carboxylic acids is 1. The maximum Gasteiger partial charge on any atom is 0.236 e. The number of nitrogens with zero attached hydrogens (tertiary/aromatic N) is 1. The number of fused-ring (bicyclic) bond motifs is 1. The highest BCUT2D eigenvalue weighted by Crippen LogP contribution is 2.24. The molecule has 0 aliphatic rings. The smallest absolute Gasteiger partial charge is 0.236 e. The number of carbonyl (C=O) groups is 1. The topological polar surface area (TPSA) is 48.1 Å². The second-order valence-corrected chi connectivity index (χ2v) is 8.51. The van der Waals surface area contributed by atoms with Crippen molar-refractivity contribution in [2.45, 2.75) is 26.8 Å². The number of amides is 1. The number of hydrogen-bond acceptors (Lipinski definition) is 2. The van der Waals surface area contributed by atoms with Crippen LogP contribution in [0.4, 0.5) is 0 Å². The molecule has 3 aromatic rings. The van der Waals surface area contributed by atoms with Crippen molar-refractivity contribution in [2.75, 3.05) is 19.6 Å². The highest BCUT2D eigenvalue weighted by atomic mass is 35.5. The zero-order valence-corrected chi connectivity index (χ0v) is 18.4. The van der Waals surface area contributed by atoms with E-state index >= 15 is 0 Å². The van der Waals surface area contributed by atoms with Crippen LogP contribution in [0.15, 0.2) is 48.7 Å². The molecule has 0 atom stereocenters. The van der Waals surface area contributed by atoms with Crippen LogP contribution in [0.3, 0.4) is 0 Å². The molecule has 3 rings (SSSR count). The van der Waals surface area contributed by atoms with Crippen LogP contribution in [-0.2, 0) is 17.8 Å². The predicted octanol–water partition coefficient (Wildman–Crippen LogP) is 5.29. The van der Waals surface area contributed by atoms with Gasteiger partial charge in [-0.3, -0.25) is 4.79 Å². The van der Waals surface area contributed by atoms with Crippen molar-refractivity contribution >= 4 is 40.0 Å². The van der Waals surface area contributed by atoms with Gasteiger partial charge in [0, 0.05) is 30.2 Å². The van der Waals surface area contributed by atoms with Gasteiger partial charge in [-0.2, -0.15) is 0 Å². The van der Waals surface area contributed by atoms with Crippen LogP contribution in [0.2, 0.25) is 10.0 Å². The third-order valence-electron chi connectivity index (χ3n) is 4.86. The largest absolute Gasteiger partial charge is 0.361 e. The molecule has 0 saturated heterocycles. The summed E-state index contributed by atoms with van der Waals surface area (Å²) in [5.41, 5.74) is 3.29. The Morgan fingerprint density at radius 2 is 1.93 bits per heavy atom. The summed E-state index contributed by atoms with van der Waals surface area (Å²) >= 11 is 12.2. The second kappa shape index (κ2) is 10.1. The number of nitrogens with one attached hydrogen (secondary N) is 2. The maximum atomic E-state index is 12.9. The molecule has 0 bridgehead atoms. The average Bonchev–Trinajstić information content (AvgIpc) is 3.10. The van der Waals surface area contributed by atoms with Crippen molar-refractivity contribution in [2.24, 2.45) is 5.92 Å². The summed E-state index contributed by atoms with van der Waals surface area (Å²) in [5.74, 6) is 0.578. The fourth-order valence-electron chi connectivity index (χ4n) is 3.32. The maximum absolute atomic E-state index is 12.9. The van der Waals surface area contributed by atoms with Gasteiger partial charge in [0.2, 0.25) is 5.91 Å². The molecule has 0 spiro atoms. The summed E-state index contributed by atoms with van der Waals surface area (Å²) in [6.45, 7) is 6.53.